The highest BCUT2D eigenvalue weighted by Gasteiger charge is 2.37. The number of rotatable bonds is 8. The van der Waals surface area contributed by atoms with Gasteiger partial charge in [-0.05, 0) is 44.4 Å². The maximum absolute atomic E-state index is 15.4. The summed E-state index contributed by atoms with van der Waals surface area (Å²) in [4.78, 5) is 30.6. The molecular formula is C29H30F4N3O5+. The summed E-state index contributed by atoms with van der Waals surface area (Å²) in [7, 11) is 0. The number of hydrogen-bond acceptors (Lipinski definition) is 5. The number of aromatic carboxylic acids is 1. The number of nitrogens with zero attached hydrogens (tertiary/aromatic N) is 3. The molecule has 2 heterocycles. The number of anilines is 1. The first-order chi connectivity index (χ1) is 19.3. The number of amides is 1. The average molecular weight is 577 g/mol. The van der Waals surface area contributed by atoms with Crippen LogP contribution in [0.2, 0.25) is 0 Å². The summed E-state index contributed by atoms with van der Waals surface area (Å²) < 4.78 is 63.3. The second-order valence-corrected chi connectivity index (χ2v) is 10.3. The minimum atomic E-state index is -4.93. The van der Waals surface area contributed by atoms with Gasteiger partial charge < -0.3 is 14.7 Å². The molecule has 0 radical (unpaired) electrons. The lowest BCUT2D eigenvalue weighted by atomic mass is 9.87. The molecule has 1 fully saturated rings. The van der Waals surface area contributed by atoms with E-state index in [1.165, 1.54) is 23.4 Å². The first kappa shape index (κ1) is 29.8. The van der Waals surface area contributed by atoms with Crippen molar-refractivity contribution in [3.8, 4) is 11.6 Å². The predicted octanol–water partition coefficient (Wildman–Crippen LogP) is 6.17. The van der Waals surface area contributed by atoms with E-state index in [1.54, 1.807) is 19.9 Å². The Kier molecular flexibility index (Phi) is 8.79. The predicted molar refractivity (Wildman–Crippen MR) is 138 cm³/mol. The third-order valence-electron chi connectivity index (χ3n) is 6.92. The maximum atomic E-state index is 15.4. The Labute approximate surface area is 233 Å². The minimum Gasteiger partial charge on any atom is -0.478 e. The zero-order valence-electron chi connectivity index (χ0n) is 22.5. The van der Waals surface area contributed by atoms with Crippen molar-refractivity contribution >= 4 is 17.6 Å². The van der Waals surface area contributed by atoms with Crippen LogP contribution in [0.3, 0.4) is 0 Å². The molecule has 0 aliphatic heterocycles. The van der Waals surface area contributed by atoms with Crippen LogP contribution in [0.25, 0.3) is 0 Å². The quantitative estimate of drug-likeness (QED) is 0.189. The summed E-state index contributed by atoms with van der Waals surface area (Å²) in [5.74, 6) is -5.05. The highest BCUT2D eigenvalue weighted by atomic mass is 19.4. The number of hydrogen-bond donors (Lipinski definition) is 2. The number of aromatic nitrogens is 2. The highest BCUT2D eigenvalue weighted by Crippen LogP contribution is 2.40. The van der Waals surface area contributed by atoms with Gasteiger partial charge in [-0.3, -0.25) is 10.0 Å². The second-order valence-electron chi connectivity index (χ2n) is 10.3. The van der Waals surface area contributed by atoms with Gasteiger partial charge in [-0.15, -0.1) is 0 Å². The van der Waals surface area contributed by atoms with E-state index < -0.39 is 46.8 Å². The molecular weight excluding hydrogens is 546 g/mol. The van der Waals surface area contributed by atoms with Crippen LogP contribution in [0.15, 0.2) is 48.9 Å². The largest absolute Gasteiger partial charge is 0.478 e. The number of carbonyl (C=O) groups excluding carboxylic acids is 1. The molecule has 0 bridgehead atoms. The van der Waals surface area contributed by atoms with Gasteiger partial charge >= 0.3 is 12.1 Å². The molecule has 218 valence electrons. The normalized spacial score (nSPS) is 14.2. The van der Waals surface area contributed by atoms with E-state index in [0.717, 1.165) is 48.4 Å². The first-order valence-corrected chi connectivity index (χ1v) is 13.2. The summed E-state index contributed by atoms with van der Waals surface area (Å²) in [6.07, 6.45) is 2.84. The van der Waals surface area contributed by atoms with Crippen molar-refractivity contribution in [3.05, 3.63) is 77.0 Å². The van der Waals surface area contributed by atoms with Gasteiger partial charge in [0.05, 0.1) is 11.3 Å². The van der Waals surface area contributed by atoms with Crippen molar-refractivity contribution in [2.45, 2.75) is 64.6 Å². The number of carboxylic acid groups (broad SMARTS) is 1. The van der Waals surface area contributed by atoms with Crippen LogP contribution < -0.4 is 14.4 Å². The van der Waals surface area contributed by atoms with Crippen LogP contribution >= 0.6 is 0 Å². The molecule has 2 N–H and O–H groups in total. The molecule has 1 aromatic carbocycles. The Morgan fingerprint density at radius 1 is 1.15 bits per heavy atom. The fraction of sp³-hybridized carbons (Fsp3) is 0.379. The average Bonchev–Trinajstić information content (AvgIpc) is 2.90. The number of alkyl halides is 3. The van der Waals surface area contributed by atoms with E-state index in [-0.39, 0.29) is 29.5 Å². The van der Waals surface area contributed by atoms with Gasteiger partial charge in [0, 0.05) is 53.1 Å². The van der Waals surface area contributed by atoms with Gasteiger partial charge in [0.2, 0.25) is 24.2 Å². The maximum Gasteiger partial charge on any atom is 0.421 e. The van der Waals surface area contributed by atoms with Gasteiger partial charge in [0.1, 0.15) is 5.56 Å². The molecule has 8 nitrogen and oxygen atoms in total. The van der Waals surface area contributed by atoms with Crippen LogP contribution in [-0.2, 0) is 17.4 Å². The minimum absolute atomic E-state index is 0.00401. The summed E-state index contributed by atoms with van der Waals surface area (Å²) in [5.41, 5.74) is -1.34. The molecule has 0 atom stereocenters. The lowest BCUT2D eigenvalue weighted by Crippen LogP contribution is -2.42. The Bertz CT molecular complexity index is 1440. The number of benzene rings is 1. The van der Waals surface area contributed by atoms with Crippen molar-refractivity contribution in [3.63, 3.8) is 0 Å². The summed E-state index contributed by atoms with van der Waals surface area (Å²) in [6.45, 7) is 3.34. The molecule has 1 saturated carbocycles. The van der Waals surface area contributed by atoms with Gasteiger partial charge in [0.25, 0.3) is 0 Å². The van der Waals surface area contributed by atoms with Crippen LogP contribution in [0.1, 0.15) is 73.0 Å². The SMILES string of the molecule is CC(C)N(C(=O)C1CCCCC1)c1cc(F)c(Oc2ncc(Cc3ccc[n+](O)c3)cc2C(F)(F)F)cc1C(=O)O. The smallest absolute Gasteiger partial charge is 0.421 e. The number of carbonyl (C=O) groups is 2. The molecule has 1 aliphatic rings. The number of carboxylic acids is 1. The molecule has 4 rings (SSSR count). The van der Waals surface area contributed by atoms with Crippen molar-refractivity contribution < 1.29 is 46.9 Å². The van der Waals surface area contributed by atoms with E-state index in [1.807, 2.05) is 0 Å². The number of halogens is 4. The lowest BCUT2D eigenvalue weighted by Gasteiger charge is -2.33. The molecule has 1 amide bonds. The summed E-state index contributed by atoms with van der Waals surface area (Å²) in [6, 6.07) is 4.99. The van der Waals surface area contributed by atoms with E-state index in [9.17, 15) is 33.1 Å². The van der Waals surface area contributed by atoms with E-state index in [2.05, 4.69) is 4.98 Å². The third kappa shape index (κ3) is 6.93. The van der Waals surface area contributed by atoms with Crippen molar-refractivity contribution in [1.82, 2.24) is 4.98 Å². The second kappa shape index (κ2) is 12.1. The van der Waals surface area contributed by atoms with Gasteiger partial charge in [-0.1, -0.05) is 19.3 Å². The fourth-order valence-corrected chi connectivity index (χ4v) is 5.02. The Balaban J connectivity index is 1.70. The molecule has 0 unspecified atom stereocenters. The first-order valence-electron chi connectivity index (χ1n) is 13.2. The van der Waals surface area contributed by atoms with Gasteiger partial charge in [-0.25, -0.2) is 14.2 Å². The Morgan fingerprint density at radius 3 is 2.46 bits per heavy atom. The topological polar surface area (TPSA) is 104 Å². The highest BCUT2D eigenvalue weighted by molar-refractivity contribution is 6.03. The number of ether oxygens (including phenoxy) is 1. The van der Waals surface area contributed by atoms with Crippen LogP contribution in [0.4, 0.5) is 23.2 Å². The van der Waals surface area contributed by atoms with E-state index in [4.69, 9.17) is 4.74 Å². The van der Waals surface area contributed by atoms with E-state index >= 15 is 4.39 Å². The van der Waals surface area contributed by atoms with Crippen LogP contribution in [0, 0.1) is 11.7 Å². The van der Waals surface area contributed by atoms with E-state index in [0.29, 0.717) is 18.4 Å². The summed E-state index contributed by atoms with van der Waals surface area (Å²) >= 11 is 0. The lowest BCUT2D eigenvalue weighted by molar-refractivity contribution is -0.905. The fourth-order valence-electron chi connectivity index (χ4n) is 5.02. The number of pyridine rings is 2. The zero-order valence-corrected chi connectivity index (χ0v) is 22.5. The molecule has 2 aromatic heterocycles. The van der Waals surface area contributed by atoms with Crippen LogP contribution in [0.5, 0.6) is 11.6 Å². The third-order valence-corrected chi connectivity index (χ3v) is 6.92. The molecule has 12 heteroatoms. The zero-order chi connectivity index (χ0) is 29.9. The van der Waals surface area contributed by atoms with Gasteiger partial charge in [-0.2, -0.15) is 13.2 Å². The molecule has 1 aliphatic carbocycles. The Hall–Kier alpha value is -4.22. The van der Waals surface area contributed by atoms with Crippen molar-refractivity contribution in [1.29, 1.82) is 0 Å². The van der Waals surface area contributed by atoms with Crippen molar-refractivity contribution in [2.24, 2.45) is 5.92 Å². The van der Waals surface area contributed by atoms with Gasteiger partial charge in [0.15, 0.2) is 11.6 Å². The monoisotopic (exact) mass is 576 g/mol. The van der Waals surface area contributed by atoms with Crippen molar-refractivity contribution in [2.75, 3.05) is 4.90 Å². The Morgan fingerprint density at radius 2 is 1.85 bits per heavy atom. The molecule has 41 heavy (non-hydrogen) atoms. The summed E-state index contributed by atoms with van der Waals surface area (Å²) in [5, 5.41) is 19.5. The standard InChI is InChI=1S/C29H29F4N3O5/c1-17(2)36(27(37)20-8-4-3-5-9-20)24-14-23(30)25(13-21(24)28(38)39)41-26-22(29(31,32)33)12-19(15-34-26)11-18-7-6-10-35(40)16-18/h6-7,10,12-17,20H,3-5,8-9,11H2,1-2H3,(H-,38,39,40)/p+1. The molecule has 0 spiro atoms. The molecule has 3 aromatic rings. The molecule has 0 saturated heterocycles. The van der Waals surface area contributed by atoms with Crippen LogP contribution in [-0.4, -0.2) is 33.2 Å².